The van der Waals surface area contributed by atoms with Gasteiger partial charge >= 0.3 is 5.63 Å². The first-order chi connectivity index (χ1) is 9.70. The van der Waals surface area contributed by atoms with E-state index in [-0.39, 0.29) is 5.63 Å². The Kier molecular flexibility index (Phi) is 3.32. The van der Waals surface area contributed by atoms with Crippen molar-refractivity contribution in [1.29, 1.82) is 0 Å². The second-order valence-electron chi connectivity index (χ2n) is 4.31. The van der Waals surface area contributed by atoms with Gasteiger partial charge in [0.25, 0.3) is 0 Å². The minimum Gasteiger partial charge on any atom is -0.497 e. The zero-order chi connectivity index (χ0) is 14.1. The number of rotatable bonds is 2. The van der Waals surface area contributed by atoms with Gasteiger partial charge in [0.1, 0.15) is 15.8 Å². The lowest BCUT2D eigenvalue weighted by Crippen LogP contribution is -2.02. The molecule has 0 radical (unpaired) electrons. The monoisotopic (exact) mass is 330 g/mol. The van der Waals surface area contributed by atoms with Gasteiger partial charge in [0, 0.05) is 10.9 Å². The van der Waals surface area contributed by atoms with Gasteiger partial charge in [-0.15, -0.1) is 0 Å². The molecule has 0 aliphatic rings. The second kappa shape index (κ2) is 5.13. The van der Waals surface area contributed by atoms with Crippen LogP contribution in [0.25, 0.3) is 22.1 Å². The average molecular weight is 331 g/mol. The predicted molar refractivity (Wildman–Crippen MR) is 82.2 cm³/mol. The van der Waals surface area contributed by atoms with Crippen LogP contribution in [0.4, 0.5) is 0 Å². The number of ether oxygens (including phenoxy) is 1. The van der Waals surface area contributed by atoms with Crippen LogP contribution in [-0.4, -0.2) is 7.11 Å². The van der Waals surface area contributed by atoms with Crippen LogP contribution in [0.1, 0.15) is 0 Å². The highest BCUT2D eigenvalue weighted by Gasteiger charge is 2.14. The third-order valence-electron chi connectivity index (χ3n) is 3.12. The van der Waals surface area contributed by atoms with E-state index in [0.717, 1.165) is 22.3 Å². The fraction of sp³-hybridized carbons (Fsp3) is 0.0625. The smallest absolute Gasteiger partial charge is 0.351 e. The molecule has 0 atom stereocenters. The number of hydrogen-bond donors (Lipinski definition) is 0. The van der Waals surface area contributed by atoms with Crippen LogP contribution in [0.15, 0.2) is 62.2 Å². The van der Waals surface area contributed by atoms with Crippen molar-refractivity contribution in [2.24, 2.45) is 0 Å². The highest BCUT2D eigenvalue weighted by molar-refractivity contribution is 9.10. The predicted octanol–water partition coefficient (Wildman–Crippen LogP) is 4.23. The van der Waals surface area contributed by atoms with Crippen LogP contribution in [0.3, 0.4) is 0 Å². The van der Waals surface area contributed by atoms with Gasteiger partial charge < -0.3 is 9.15 Å². The Balaban J connectivity index is 2.44. The highest BCUT2D eigenvalue weighted by atomic mass is 79.9. The minimum atomic E-state index is -0.387. The summed E-state index contributed by atoms with van der Waals surface area (Å²) in [6.45, 7) is 0. The van der Waals surface area contributed by atoms with Crippen molar-refractivity contribution in [1.82, 2.24) is 0 Å². The standard InChI is InChI=1S/C16H11BrO3/c1-19-11-7-8-13-12(9-11)14(15(17)16(18)20-13)10-5-3-2-4-6-10/h2-9H,1H3. The van der Waals surface area contributed by atoms with Gasteiger partial charge in [0.2, 0.25) is 0 Å². The van der Waals surface area contributed by atoms with Gasteiger partial charge in [-0.1, -0.05) is 30.3 Å². The van der Waals surface area contributed by atoms with Crippen LogP contribution >= 0.6 is 15.9 Å². The molecule has 20 heavy (non-hydrogen) atoms. The topological polar surface area (TPSA) is 39.4 Å². The molecule has 0 aliphatic heterocycles. The lowest BCUT2D eigenvalue weighted by Gasteiger charge is -2.09. The van der Waals surface area contributed by atoms with Crippen LogP contribution in [0.2, 0.25) is 0 Å². The normalized spacial score (nSPS) is 10.7. The first-order valence-corrected chi connectivity index (χ1v) is 6.86. The van der Waals surface area contributed by atoms with E-state index in [1.165, 1.54) is 0 Å². The van der Waals surface area contributed by atoms with E-state index in [0.29, 0.717) is 10.1 Å². The van der Waals surface area contributed by atoms with Crippen molar-refractivity contribution in [2.75, 3.05) is 7.11 Å². The molecule has 3 nitrogen and oxygen atoms in total. The largest absolute Gasteiger partial charge is 0.497 e. The van der Waals surface area contributed by atoms with E-state index < -0.39 is 0 Å². The Morgan fingerprint density at radius 3 is 2.55 bits per heavy atom. The molecule has 0 spiro atoms. The van der Waals surface area contributed by atoms with Gasteiger partial charge in [0.15, 0.2) is 0 Å². The number of hydrogen-bond acceptors (Lipinski definition) is 3. The summed E-state index contributed by atoms with van der Waals surface area (Å²) in [4.78, 5) is 11.9. The SMILES string of the molecule is COc1ccc2oc(=O)c(Br)c(-c3ccccc3)c2c1. The molecule has 0 unspecified atom stereocenters. The molecule has 1 heterocycles. The zero-order valence-corrected chi connectivity index (χ0v) is 12.3. The Labute approximate surface area is 123 Å². The summed E-state index contributed by atoms with van der Waals surface area (Å²) >= 11 is 3.34. The van der Waals surface area contributed by atoms with Crippen LogP contribution in [0.5, 0.6) is 5.75 Å². The second-order valence-corrected chi connectivity index (χ2v) is 5.10. The van der Waals surface area contributed by atoms with Crippen LogP contribution in [0, 0.1) is 0 Å². The molecule has 3 aromatic rings. The van der Waals surface area contributed by atoms with E-state index in [1.807, 2.05) is 36.4 Å². The van der Waals surface area contributed by atoms with Gasteiger partial charge in [0.05, 0.1) is 7.11 Å². The maximum Gasteiger partial charge on any atom is 0.351 e. The molecule has 2 aromatic carbocycles. The van der Waals surface area contributed by atoms with Crippen LogP contribution in [-0.2, 0) is 0 Å². The Morgan fingerprint density at radius 1 is 1.10 bits per heavy atom. The van der Waals surface area contributed by atoms with Crippen molar-refractivity contribution in [3.8, 4) is 16.9 Å². The summed E-state index contributed by atoms with van der Waals surface area (Å²) in [6, 6.07) is 15.1. The first-order valence-electron chi connectivity index (χ1n) is 6.06. The first kappa shape index (κ1) is 12.9. The zero-order valence-electron chi connectivity index (χ0n) is 10.7. The molecule has 100 valence electrons. The van der Waals surface area contributed by atoms with Crippen molar-refractivity contribution in [3.63, 3.8) is 0 Å². The lowest BCUT2D eigenvalue weighted by atomic mass is 10.0. The third-order valence-corrected chi connectivity index (χ3v) is 3.84. The fourth-order valence-corrected chi connectivity index (χ4v) is 2.70. The summed E-state index contributed by atoms with van der Waals surface area (Å²) in [5, 5.41) is 0.835. The quantitative estimate of drug-likeness (QED) is 0.660. The molecule has 4 heteroatoms. The molecule has 0 saturated carbocycles. The molecule has 1 aromatic heterocycles. The summed E-state index contributed by atoms with van der Waals surface area (Å²) in [5.74, 6) is 0.718. The highest BCUT2D eigenvalue weighted by Crippen LogP contribution is 2.34. The summed E-state index contributed by atoms with van der Waals surface area (Å²) in [7, 11) is 1.61. The van der Waals surface area contributed by atoms with Gasteiger partial charge in [-0.05, 0) is 39.7 Å². The number of methoxy groups -OCH3 is 1. The van der Waals surface area contributed by atoms with Crippen molar-refractivity contribution < 1.29 is 9.15 Å². The Bertz CT molecular complexity index is 822. The number of halogens is 1. The molecule has 0 amide bonds. The summed E-state index contributed by atoms with van der Waals surface area (Å²) in [5.41, 5.74) is 1.92. The molecular formula is C16H11BrO3. The van der Waals surface area contributed by atoms with Gasteiger partial charge in [-0.25, -0.2) is 4.79 Å². The Morgan fingerprint density at radius 2 is 1.85 bits per heavy atom. The molecule has 0 aliphatic carbocycles. The summed E-state index contributed by atoms with van der Waals surface area (Å²) in [6.07, 6.45) is 0. The number of benzene rings is 2. The van der Waals surface area contributed by atoms with E-state index in [4.69, 9.17) is 9.15 Å². The molecule has 3 rings (SSSR count). The molecule has 0 bridgehead atoms. The molecule has 0 N–H and O–H groups in total. The van der Waals surface area contributed by atoms with Gasteiger partial charge in [-0.3, -0.25) is 0 Å². The van der Waals surface area contributed by atoms with E-state index in [1.54, 1.807) is 19.2 Å². The number of fused-ring (bicyclic) bond motifs is 1. The Hall–Kier alpha value is -2.07. The fourth-order valence-electron chi connectivity index (χ4n) is 2.17. The summed E-state index contributed by atoms with van der Waals surface area (Å²) < 4.78 is 11.0. The van der Waals surface area contributed by atoms with Crippen molar-refractivity contribution in [2.45, 2.75) is 0 Å². The maximum atomic E-state index is 11.9. The maximum absolute atomic E-state index is 11.9. The van der Waals surface area contributed by atoms with Crippen molar-refractivity contribution in [3.05, 3.63) is 63.4 Å². The van der Waals surface area contributed by atoms with Gasteiger partial charge in [-0.2, -0.15) is 0 Å². The molecule has 0 saturated heterocycles. The molecule has 0 fully saturated rings. The van der Waals surface area contributed by atoms with Crippen molar-refractivity contribution >= 4 is 26.9 Å². The third kappa shape index (κ3) is 2.12. The van der Waals surface area contributed by atoms with E-state index >= 15 is 0 Å². The lowest BCUT2D eigenvalue weighted by molar-refractivity contribution is 0.415. The van der Waals surface area contributed by atoms with E-state index in [9.17, 15) is 4.79 Å². The molecular weight excluding hydrogens is 320 g/mol. The minimum absolute atomic E-state index is 0.387. The van der Waals surface area contributed by atoms with E-state index in [2.05, 4.69) is 15.9 Å². The average Bonchev–Trinajstić information content (AvgIpc) is 2.49. The van der Waals surface area contributed by atoms with Crippen LogP contribution < -0.4 is 10.4 Å².